The summed E-state index contributed by atoms with van der Waals surface area (Å²) >= 11 is 0. The van der Waals surface area contributed by atoms with Crippen molar-refractivity contribution >= 4 is 16.8 Å². The van der Waals surface area contributed by atoms with E-state index in [4.69, 9.17) is 0 Å². The molecular weight excluding hydrogens is 278 g/mol. The predicted molar refractivity (Wildman–Crippen MR) is 82.4 cm³/mol. The number of nitrogens with zero attached hydrogens (tertiary/aromatic N) is 4. The van der Waals surface area contributed by atoms with Gasteiger partial charge in [0.1, 0.15) is 0 Å². The molecular formula is C16H17N5O. The molecule has 1 N–H and O–H groups in total. The van der Waals surface area contributed by atoms with E-state index in [-0.39, 0.29) is 11.9 Å². The molecule has 22 heavy (non-hydrogen) atoms. The molecule has 0 unspecified atom stereocenters. The number of aromatic nitrogens is 4. The number of nitrogens with one attached hydrogen (secondary N) is 1. The number of likely N-dealkylation sites (tertiary alicyclic amines) is 1. The third kappa shape index (κ3) is 2.26. The number of hydrogen-bond donors (Lipinski definition) is 1. The summed E-state index contributed by atoms with van der Waals surface area (Å²) in [6, 6.07) is 8.00. The Labute approximate surface area is 127 Å². The molecule has 112 valence electrons. The first kappa shape index (κ1) is 13.1. The number of hydrogen-bond acceptors (Lipinski definition) is 3. The van der Waals surface area contributed by atoms with Crippen LogP contribution in [0.4, 0.5) is 0 Å². The molecule has 1 fully saturated rings. The maximum absolute atomic E-state index is 12.8. The molecule has 1 atom stereocenters. The lowest BCUT2D eigenvalue weighted by Gasteiger charge is -2.24. The molecule has 0 spiro atoms. The average Bonchev–Trinajstić information content (AvgIpc) is 3.27. The van der Waals surface area contributed by atoms with Gasteiger partial charge in [0, 0.05) is 35.4 Å². The zero-order valence-corrected chi connectivity index (χ0v) is 12.1. The van der Waals surface area contributed by atoms with Gasteiger partial charge >= 0.3 is 0 Å². The highest BCUT2D eigenvalue weighted by Crippen LogP contribution is 2.23. The lowest BCUT2D eigenvalue weighted by molar-refractivity contribution is 0.0721. The first-order chi connectivity index (χ1) is 10.8. The van der Waals surface area contributed by atoms with Crippen molar-refractivity contribution in [1.29, 1.82) is 0 Å². The van der Waals surface area contributed by atoms with E-state index in [9.17, 15) is 4.79 Å². The molecule has 3 aromatic rings. The Bertz CT molecular complexity index is 792. The average molecular weight is 295 g/mol. The molecule has 2 aromatic heterocycles. The molecule has 1 aliphatic rings. The minimum Gasteiger partial charge on any atom is -0.361 e. The van der Waals surface area contributed by atoms with E-state index in [1.807, 2.05) is 41.6 Å². The van der Waals surface area contributed by atoms with Crippen LogP contribution in [0, 0.1) is 0 Å². The summed E-state index contributed by atoms with van der Waals surface area (Å²) in [7, 11) is 0. The fourth-order valence-corrected chi connectivity index (χ4v) is 3.19. The molecule has 6 nitrogen and oxygen atoms in total. The summed E-state index contributed by atoms with van der Waals surface area (Å²) in [5.74, 6) is 0.103. The van der Waals surface area contributed by atoms with Gasteiger partial charge in [0.25, 0.3) is 5.91 Å². The van der Waals surface area contributed by atoms with Crippen molar-refractivity contribution in [2.24, 2.45) is 0 Å². The van der Waals surface area contributed by atoms with E-state index in [1.165, 1.54) is 0 Å². The number of amides is 1. The summed E-state index contributed by atoms with van der Waals surface area (Å²) in [6.45, 7) is 1.52. The lowest BCUT2D eigenvalue weighted by atomic mass is 10.1. The van der Waals surface area contributed by atoms with Crippen molar-refractivity contribution in [3.05, 3.63) is 48.4 Å². The molecule has 4 rings (SSSR count). The van der Waals surface area contributed by atoms with E-state index < -0.39 is 0 Å². The number of H-pyrrole nitrogens is 1. The quantitative estimate of drug-likeness (QED) is 0.804. The van der Waals surface area contributed by atoms with Gasteiger partial charge in [0.05, 0.1) is 18.8 Å². The summed E-state index contributed by atoms with van der Waals surface area (Å²) in [4.78, 5) is 17.9. The third-order valence-electron chi connectivity index (χ3n) is 4.31. The highest BCUT2D eigenvalue weighted by molar-refractivity contribution is 5.98. The largest absolute Gasteiger partial charge is 0.361 e. The normalized spacial score (nSPS) is 18.2. The Hall–Kier alpha value is -2.63. The topological polar surface area (TPSA) is 66.8 Å². The molecule has 3 heterocycles. The van der Waals surface area contributed by atoms with Gasteiger partial charge in [0.15, 0.2) is 0 Å². The van der Waals surface area contributed by atoms with Crippen LogP contribution < -0.4 is 0 Å². The lowest BCUT2D eigenvalue weighted by Crippen LogP contribution is -2.38. The molecule has 0 saturated carbocycles. The summed E-state index contributed by atoms with van der Waals surface area (Å²) in [6.07, 6.45) is 7.45. The monoisotopic (exact) mass is 295 g/mol. The Balaban J connectivity index is 1.57. The second-order valence-corrected chi connectivity index (χ2v) is 5.70. The van der Waals surface area contributed by atoms with Crippen LogP contribution in [0.2, 0.25) is 0 Å². The second-order valence-electron chi connectivity index (χ2n) is 5.70. The Morgan fingerprint density at radius 1 is 1.36 bits per heavy atom. The van der Waals surface area contributed by atoms with Gasteiger partial charge in [0.2, 0.25) is 0 Å². The standard InChI is InChI=1S/C16H17N5O/c22-16(13-3-4-15-12(10-13)5-6-17-15)21-8-1-2-14(21)11-20-9-7-18-19-20/h3-7,9-10,14,17H,1-2,8,11H2/t14-/m0/s1. The fraction of sp³-hybridized carbons (Fsp3) is 0.312. The van der Waals surface area contributed by atoms with Gasteiger partial charge in [-0.15, -0.1) is 5.10 Å². The van der Waals surface area contributed by atoms with Gasteiger partial charge < -0.3 is 9.88 Å². The van der Waals surface area contributed by atoms with E-state index >= 15 is 0 Å². The first-order valence-electron chi connectivity index (χ1n) is 7.53. The summed E-state index contributed by atoms with van der Waals surface area (Å²) in [5.41, 5.74) is 1.80. The minimum atomic E-state index is 0.103. The number of benzene rings is 1. The van der Waals surface area contributed by atoms with Gasteiger partial charge in [-0.25, -0.2) is 0 Å². The van der Waals surface area contributed by atoms with Crippen LogP contribution in [-0.2, 0) is 6.54 Å². The smallest absolute Gasteiger partial charge is 0.254 e. The number of carbonyl (C=O) groups excluding carboxylic acids is 1. The van der Waals surface area contributed by atoms with Crippen LogP contribution in [-0.4, -0.2) is 43.4 Å². The predicted octanol–water partition coefficient (Wildman–Crippen LogP) is 2.06. The van der Waals surface area contributed by atoms with Crippen LogP contribution in [0.15, 0.2) is 42.9 Å². The minimum absolute atomic E-state index is 0.103. The molecule has 1 amide bonds. The van der Waals surface area contributed by atoms with E-state index in [2.05, 4.69) is 15.3 Å². The number of aromatic amines is 1. The Morgan fingerprint density at radius 3 is 3.18 bits per heavy atom. The zero-order chi connectivity index (χ0) is 14.9. The van der Waals surface area contributed by atoms with Gasteiger partial charge in [-0.3, -0.25) is 9.48 Å². The van der Waals surface area contributed by atoms with Crippen molar-refractivity contribution in [2.45, 2.75) is 25.4 Å². The second kappa shape index (κ2) is 5.29. The fourth-order valence-electron chi connectivity index (χ4n) is 3.19. The number of carbonyl (C=O) groups is 1. The SMILES string of the molecule is O=C(c1ccc2[nH]ccc2c1)N1CCC[C@H]1Cn1ccnn1. The molecule has 0 radical (unpaired) electrons. The summed E-state index contributed by atoms with van der Waals surface area (Å²) < 4.78 is 1.80. The maximum Gasteiger partial charge on any atom is 0.254 e. The third-order valence-corrected chi connectivity index (χ3v) is 4.31. The van der Waals surface area contributed by atoms with Gasteiger partial charge in [-0.1, -0.05) is 5.21 Å². The molecule has 0 aliphatic carbocycles. The zero-order valence-electron chi connectivity index (χ0n) is 12.1. The Morgan fingerprint density at radius 2 is 2.32 bits per heavy atom. The number of rotatable bonds is 3. The van der Waals surface area contributed by atoms with Crippen molar-refractivity contribution in [3.8, 4) is 0 Å². The van der Waals surface area contributed by atoms with Crippen LogP contribution in [0.3, 0.4) is 0 Å². The Kier molecular flexibility index (Phi) is 3.14. The molecule has 0 bridgehead atoms. The molecule has 1 aromatic carbocycles. The molecule has 1 aliphatic heterocycles. The van der Waals surface area contributed by atoms with Crippen LogP contribution in [0.25, 0.3) is 10.9 Å². The van der Waals surface area contributed by atoms with Crippen LogP contribution in [0.5, 0.6) is 0 Å². The van der Waals surface area contributed by atoms with Crippen molar-refractivity contribution < 1.29 is 4.79 Å². The van der Waals surface area contributed by atoms with Gasteiger partial charge in [-0.05, 0) is 37.1 Å². The van der Waals surface area contributed by atoms with E-state index in [1.54, 1.807) is 10.9 Å². The highest BCUT2D eigenvalue weighted by atomic mass is 16.2. The first-order valence-corrected chi connectivity index (χ1v) is 7.53. The number of fused-ring (bicyclic) bond motifs is 1. The molecule has 6 heteroatoms. The van der Waals surface area contributed by atoms with Crippen molar-refractivity contribution in [3.63, 3.8) is 0 Å². The van der Waals surface area contributed by atoms with Crippen LogP contribution >= 0.6 is 0 Å². The van der Waals surface area contributed by atoms with Crippen LogP contribution in [0.1, 0.15) is 23.2 Å². The van der Waals surface area contributed by atoms with Gasteiger partial charge in [-0.2, -0.15) is 0 Å². The molecule has 1 saturated heterocycles. The summed E-state index contributed by atoms with van der Waals surface area (Å²) in [5, 5.41) is 8.90. The van der Waals surface area contributed by atoms with Crippen molar-refractivity contribution in [2.75, 3.05) is 6.54 Å². The van der Waals surface area contributed by atoms with E-state index in [0.717, 1.165) is 35.9 Å². The van der Waals surface area contributed by atoms with E-state index in [0.29, 0.717) is 6.54 Å². The van der Waals surface area contributed by atoms with Crippen molar-refractivity contribution in [1.82, 2.24) is 24.9 Å². The highest BCUT2D eigenvalue weighted by Gasteiger charge is 2.29. The maximum atomic E-state index is 12.8.